The highest BCUT2D eigenvalue weighted by Crippen LogP contribution is 2.26. The Balaban J connectivity index is 2.32. The molecule has 17 heavy (non-hydrogen) atoms. The summed E-state index contributed by atoms with van der Waals surface area (Å²) in [6, 6.07) is 1.73. The monoisotopic (exact) mass is 242 g/mol. The largest absolute Gasteiger partial charge is 0.434 e. The van der Waals surface area contributed by atoms with Gasteiger partial charge in [-0.2, -0.15) is 13.2 Å². The normalized spacial score (nSPS) is 19.6. The molecule has 2 heterocycles. The maximum Gasteiger partial charge on any atom is 0.434 e. The van der Waals surface area contributed by atoms with E-state index in [0.29, 0.717) is 17.6 Å². The number of hydrogen-bond donors (Lipinski definition) is 0. The Hall–Kier alpha value is -1.79. The van der Waals surface area contributed by atoms with E-state index < -0.39 is 18.1 Å². The van der Waals surface area contributed by atoms with E-state index in [1.807, 2.05) is 0 Å². The molecule has 0 radical (unpaired) electrons. The molecule has 4 nitrogen and oxygen atoms in total. The van der Waals surface area contributed by atoms with Crippen molar-refractivity contribution in [2.45, 2.75) is 26.2 Å². The summed E-state index contributed by atoms with van der Waals surface area (Å²) < 4.78 is 37.0. The first kappa shape index (κ1) is 11.7. The van der Waals surface area contributed by atoms with E-state index in [1.165, 1.54) is 0 Å². The van der Waals surface area contributed by atoms with E-state index in [4.69, 9.17) is 0 Å². The Morgan fingerprint density at radius 2 is 1.71 bits per heavy atom. The van der Waals surface area contributed by atoms with Gasteiger partial charge in [-0.1, -0.05) is 0 Å². The Kier molecular flexibility index (Phi) is 2.68. The second kappa shape index (κ2) is 3.90. The lowest BCUT2D eigenvalue weighted by Crippen LogP contribution is -2.22. The highest BCUT2D eigenvalue weighted by molar-refractivity contribution is 6.34. The number of aromatic nitrogens is 2. The number of aryl methyl sites for hydroxylation is 2. The summed E-state index contributed by atoms with van der Waals surface area (Å²) in [6.45, 7) is 3.48. The molecule has 0 fully saturated rings. The third-order valence-electron chi connectivity index (χ3n) is 2.12. The quantitative estimate of drug-likeness (QED) is 0.757. The van der Waals surface area contributed by atoms with Crippen LogP contribution in [-0.4, -0.2) is 28.1 Å². The van der Waals surface area contributed by atoms with Crippen molar-refractivity contribution in [3.8, 4) is 0 Å². The zero-order valence-corrected chi connectivity index (χ0v) is 9.15. The zero-order valence-electron chi connectivity index (χ0n) is 9.15. The third kappa shape index (κ3) is 2.48. The molecule has 0 aromatic carbocycles. The van der Waals surface area contributed by atoms with Crippen molar-refractivity contribution in [2.24, 2.45) is 9.98 Å². The second-order valence-corrected chi connectivity index (χ2v) is 3.67. The smallest absolute Gasteiger partial charge is 0.256 e. The molecule has 1 aliphatic heterocycles. The van der Waals surface area contributed by atoms with Crippen molar-refractivity contribution in [1.82, 2.24) is 9.97 Å². The van der Waals surface area contributed by atoms with Crippen LogP contribution in [0.2, 0.25) is 0 Å². The maximum atomic E-state index is 12.3. The van der Waals surface area contributed by atoms with Crippen LogP contribution in [0.15, 0.2) is 16.1 Å². The first-order valence-electron chi connectivity index (χ1n) is 4.86. The van der Waals surface area contributed by atoms with Crippen molar-refractivity contribution < 1.29 is 13.2 Å². The molecule has 1 atom stereocenters. The van der Waals surface area contributed by atoms with Crippen LogP contribution in [0.3, 0.4) is 0 Å². The van der Waals surface area contributed by atoms with Crippen LogP contribution >= 0.6 is 0 Å². The lowest BCUT2D eigenvalue weighted by molar-refractivity contribution is -0.0564. The number of nitrogens with zero attached hydrogens (tertiary/aromatic N) is 4. The van der Waals surface area contributed by atoms with Gasteiger partial charge >= 0.3 is 6.18 Å². The molecule has 0 saturated heterocycles. The third-order valence-corrected chi connectivity index (χ3v) is 2.12. The van der Waals surface area contributed by atoms with Gasteiger partial charge in [0.1, 0.15) is 0 Å². The van der Waals surface area contributed by atoms with Crippen LogP contribution in [0.5, 0.6) is 0 Å². The van der Waals surface area contributed by atoms with Crippen LogP contribution in [0.25, 0.3) is 0 Å². The average molecular weight is 242 g/mol. The van der Waals surface area contributed by atoms with Gasteiger partial charge in [0.05, 0.1) is 6.21 Å². The minimum atomic E-state index is -4.48. The number of halogens is 3. The van der Waals surface area contributed by atoms with Crippen molar-refractivity contribution in [1.29, 1.82) is 0 Å². The van der Waals surface area contributed by atoms with Crippen molar-refractivity contribution >= 4 is 11.9 Å². The van der Waals surface area contributed by atoms with E-state index in [9.17, 15) is 13.2 Å². The molecule has 0 aliphatic carbocycles. The number of alkyl halides is 3. The number of aliphatic imine (C=N–C) groups is 2. The van der Waals surface area contributed by atoms with Crippen LogP contribution in [-0.2, 0) is 0 Å². The van der Waals surface area contributed by atoms with Gasteiger partial charge in [0.25, 0.3) is 0 Å². The van der Waals surface area contributed by atoms with Gasteiger partial charge in [0.2, 0.25) is 0 Å². The van der Waals surface area contributed by atoms with Gasteiger partial charge in [0, 0.05) is 11.4 Å². The van der Waals surface area contributed by atoms with Crippen LogP contribution in [0.1, 0.15) is 23.4 Å². The van der Waals surface area contributed by atoms with Gasteiger partial charge in [0.15, 0.2) is 17.7 Å². The molecule has 7 heteroatoms. The van der Waals surface area contributed by atoms with Crippen LogP contribution < -0.4 is 0 Å². The van der Waals surface area contributed by atoms with E-state index in [1.54, 1.807) is 19.9 Å². The summed E-state index contributed by atoms with van der Waals surface area (Å²) in [5.41, 5.74) is 0.363. The van der Waals surface area contributed by atoms with E-state index >= 15 is 0 Å². The predicted octanol–water partition coefficient (Wildman–Crippen LogP) is 2.18. The highest BCUT2D eigenvalue weighted by atomic mass is 19.4. The highest BCUT2D eigenvalue weighted by Gasteiger charge is 2.38. The summed E-state index contributed by atoms with van der Waals surface area (Å²) in [4.78, 5) is 15.2. The first-order valence-corrected chi connectivity index (χ1v) is 4.86. The molecule has 1 unspecified atom stereocenters. The standard InChI is InChI=1S/C10H9F3N4/c1-5-3-6(2)16-9(15-5)8-14-4-7(17-8)10(11,12)13/h3-4,8H,1-2H3. The van der Waals surface area contributed by atoms with Gasteiger partial charge in [-0.3, -0.25) is 4.99 Å². The fraction of sp³-hybridized carbons (Fsp3) is 0.400. The first-order chi connectivity index (χ1) is 7.86. The Morgan fingerprint density at radius 1 is 1.12 bits per heavy atom. The fourth-order valence-corrected chi connectivity index (χ4v) is 1.48. The maximum absolute atomic E-state index is 12.3. The molecule has 0 N–H and O–H groups in total. The van der Waals surface area contributed by atoms with Crippen LogP contribution in [0, 0.1) is 13.8 Å². The number of rotatable bonds is 1. The predicted molar refractivity (Wildman–Crippen MR) is 56.2 cm³/mol. The molecular formula is C10H9F3N4. The summed E-state index contributed by atoms with van der Waals surface area (Å²) in [5, 5.41) is 0. The summed E-state index contributed by atoms with van der Waals surface area (Å²) in [6.07, 6.45) is -4.74. The average Bonchev–Trinajstić information content (AvgIpc) is 2.63. The minimum Gasteiger partial charge on any atom is -0.256 e. The summed E-state index contributed by atoms with van der Waals surface area (Å²) in [7, 11) is 0. The molecule has 0 saturated carbocycles. The van der Waals surface area contributed by atoms with E-state index in [0.717, 1.165) is 0 Å². The van der Waals surface area contributed by atoms with Crippen molar-refractivity contribution in [3.05, 3.63) is 23.3 Å². The van der Waals surface area contributed by atoms with Crippen LogP contribution in [0.4, 0.5) is 13.2 Å². The van der Waals surface area contributed by atoms with E-state index in [-0.39, 0.29) is 5.82 Å². The van der Waals surface area contributed by atoms with E-state index in [2.05, 4.69) is 20.0 Å². The zero-order chi connectivity index (χ0) is 12.6. The van der Waals surface area contributed by atoms with Gasteiger partial charge in [-0.25, -0.2) is 15.0 Å². The second-order valence-electron chi connectivity index (χ2n) is 3.67. The van der Waals surface area contributed by atoms with Gasteiger partial charge in [-0.05, 0) is 19.9 Å². The lowest BCUT2D eigenvalue weighted by atomic mass is 10.3. The SMILES string of the molecule is Cc1cc(C)nc(C2N=CC(C(F)(F)F)=N2)n1. The molecule has 0 spiro atoms. The Bertz CT molecular complexity index is 485. The molecule has 1 aromatic heterocycles. The fourth-order valence-electron chi connectivity index (χ4n) is 1.48. The minimum absolute atomic E-state index is 0.193. The molecular weight excluding hydrogens is 233 g/mol. The molecule has 2 rings (SSSR count). The summed E-state index contributed by atoms with van der Waals surface area (Å²) >= 11 is 0. The van der Waals surface area contributed by atoms with Gasteiger partial charge < -0.3 is 0 Å². The molecule has 90 valence electrons. The topological polar surface area (TPSA) is 50.5 Å². The lowest BCUT2D eigenvalue weighted by Gasteiger charge is -2.06. The van der Waals surface area contributed by atoms with Crippen molar-refractivity contribution in [3.63, 3.8) is 0 Å². The molecule has 0 bridgehead atoms. The number of hydrogen-bond acceptors (Lipinski definition) is 4. The Morgan fingerprint density at radius 3 is 2.18 bits per heavy atom. The molecule has 0 amide bonds. The van der Waals surface area contributed by atoms with Gasteiger partial charge in [-0.15, -0.1) is 0 Å². The Labute approximate surface area is 95.3 Å². The summed E-state index contributed by atoms with van der Waals surface area (Å²) in [5.74, 6) is 0.193. The van der Waals surface area contributed by atoms with Crippen molar-refractivity contribution in [2.75, 3.05) is 0 Å². The molecule has 1 aromatic rings. The molecule has 1 aliphatic rings.